The van der Waals surface area contributed by atoms with Crippen LogP contribution in [0.4, 0.5) is 0 Å². The van der Waals surface area contributed by atoms with E-state index < -0.39 is 0 Å². The van der Waals surface area contributed by atoms with E-state index in [0.717, 1.165) is 50.6 Å². The van der Waals surface area contributed by atoms with Crippen LogP contribution in [-0.2, 0) is 11.2 Å². The molecule has 1 aliphatic heterocycles. The van der Waals surface area contributed by atoms with Gasteiger partial charge in [-0.1, -0.05) is 0 Å². The quantitative estimate of drug-likeness (QED) is 0.387. The van der Waals surface area contributed by atoms with Crippen molar-refractivity contribution >= 4 is 41.0 Å². The smallest absolute Gasteiger partial charge is 0.191 e. The first-order chi connectivity index (χ1) is 10.9. The Bertz CT molecular complexity index is 636. The van der Waals surface area contributed by atoms with Crippen molar-refractivity contribution in [2.45, 2.75) is 25.4 Å². The zero-order chi connectivity index (χ0) is 15.2. The Hall–Kier alpha value is -1.35. The molecule has 3 rings (SSSR count). The third-order valence-electron chi connectivity index (χ3n) is 3.97. The zero-order valence-corrected chi connectivity index (χ0v) is 15.7. The van der Waals surface area contributed by atoms with Crippen LogP contribution in [-0.4, -0.2) is 48.8 Å². The second-order valence-electron chi connectivity index (χ2n) is 5.48. The van der Waals surface area contributed by atoms with Gasteiger partial charge < -0.3 is 20.4 Å². The average Bonchev–Trinajstić information content (AvgIpc) is 3.20. The van der Waals surface area contributed by atoms with Gasteiger partial charge in [-0.2, -0.15) is 0 Å². The lowest BCUT2D eigenvalue weighted by atomic mass is 10.1. The highest BCUT2D eigenvalue weighted by molar-refractivity contribution is 14.0. The molecule has 6 nitrogen and oxygen atoms in total. The van der Waals surface area contributed by atoms with Crippen LogP contribution in [0.15, 0.2) is 29.5 Å². The number of nitrogens with one attached hydrogen (secondary N) is 3. The summed E-state index contributed by atoms with van der Waals surface area (Å²) in [6.07, 6.45) is 7.36. The van der Waals surface area contributed by atoms with Crippen molar-refractivity contribution in [3.63, 3.8) is 0 Å². The number of nitrogens with zero attached hydrogens (tertiary/aromatic N) is 2. The highest BCUT2D eigenvalue weighted by Gasteiger charge is 2.15. The maximum atomic E-state index is 5.60. The van der Waals surface area contributed by atoms with Crippen LogP contribution in [0.25, 0.3) is 11.0 Å². The van der Waals surface area contributed by atoms with Crippen LogP contribution in [0, 0.1) is 0 Å². The number of H-pyrrole nitrogens is 1. The number of aromatic amines is 1. The first-order valence-electron chi connectivity index (χ1n) is 7.84. The fourth-order valence-corrected chi connectivity index (χ4v) is 2.77. The summed E-state index contributed by atoms with van der Waals surface area (Å²) in [6, 6.07) is 4.06. The van der Waals surface area contributed by atoms with Gasteiger partial charge in [0.15, 0.2) is 5.96 Å². The molecule has 126 valence electrons. The average molecular weight is 429 g/mol. The molecule has 0 aromatic carbocycles. The van der Waals surface area contributed by atoms with Gasteiger partial charge >= 0.3 is 0 Å². The van der Waals surface area contributed by atoms with Gasteiger partial charge in [0.2, 0.25) is 0 Å². The van der Waals surface area contributed by atoms with E-state index in [9.17, 15) is 0 Å². The molecule has 1 atom stereocenters. The third kappa shape index (κ3) is 4.81. The number of pyridine rings is 1. The summed E-state index contributed by atoms with van der Waals surface area (Å²) in [4.78, 5) is 11.8. The predicted molar refractivity (Wildman–Crippen MR) is 104 cm³/mol. The summed E-state index contributed by atoms with van der Waals surface area (Å²) in [7, 11) is 1.79. The van der Waals surface area contributed by atoms with E-state index in [1.807, 2.05) is 12.3 Å². The van der Waals surface area contributed by atoms with Crippen LogP contribution in [0.1, 0.15) is 18.4 Å². The molecule has 0 radical (unpaired) electrons. The SMILES string of the molecule is CN=C(NCCc1c[nH]c2ncccc12)NCC1CCCO1.I. The maximum Gasteiger partial charge on any atom is 0.191 e. The Labute approximate surface area is 153 Å². The fraction of sp³-hybridized carbons (Fsp3) is 0.500. The summed E-state index contributed by atoms with van der Waals surface area (Å²) >= 11 is 0. The van der Waals surface area contributed by atoms with Crippen molar-refractivity contribution < 1.29 is 4.74 Å². The molecule has 0 amide bonds. The Kier molecular flexibility index (Phi) is 7.10. The third-order valence-corrected chi connectivity index (χ3v) is 3.97. The first kappa shape index (κ1) is 18.0. The minimum atomic E-state index is 0. The second-order valence-corrected chi connectivity index (χ2v) is 5.48. The van der Waals surface area contributed by atoms with E-state index in [2.05, 4.69) is 31.7 Å². The summed E-state index contributed by atoms with van der Waals surface area (Å²) in [5, 5.41) is 7.85. The predicted octanol–water partition coefficient (Wildman–Crippen LogP) is 2.07. The van der Waals surface area contributed by atoms with Crippen molar-refractivity contribution in [1.82, 2.24) is 20.6 Å². The number of hydrogen-bond donors (Lipinski definition) is 3. The van der Waals surface area contributed by atoms with Crippen molar-refractivity contribution in [3.05, 3.63) is 30.1 Å². The number of aromatic nitrogens is 2. The molecule has 0 bridgehead atoms. The van der Waals surface area contributed by atoms with Gasteiger partial charge in [0.1, 0.15) is 5.65 Å². The molecule has 0 aliphatic carbocycles. The van der Waals surface area contributed by atoms with Crippen LogP contribution < -0.4 is 10.6 Å². The van der Waals surface area contributed by atoms with Gasteiger partial charge in [-0.25, -0.2) is 4.98 Å². The Balaban J connectivity index is 0.00000192. The largest absolute Gasteiger partial charge is 0.376 e. The highest BCUT2D eigenvalue weighted by Crippen LogP contribution is 2.15. The van der Waals surface area contributed by atoms with Crippen molar-refractivity contribution in [2.24, 2.45) is 4.99 Å². The molecule has 0 saturated carbocycles. The van der Waals surface area contributed by atoms with E-state index in [1.165, 1.54) is 10.9 Å². The number of guanidine groups is 1. The molecule has 0 spiro atoms. The molecule has 23 heavy (non-hydrogen) atoms. The standard InChI is InChI=1S/C16H23N5O.HI/c1-17-16(21-11-13-4-3-9-22-13)19-8-6-12-10-20-15-14(12)5-2-7-18-15;/h2,5,7,10,13H,3-4,6,8-9,11H2,1H3,(H,18,20)(H2,17,19,21);1H. The topological polar surface area (TPSA) is 74.3 Å². The van der Waals surface area contributed by atoms with Crippen molar-refractivity contribution in [1.29, 1.82) is 0 Å². The Morgan fingerprint density at radius 3 is 3.17 bits per heavy atom. The maximum absolute atomic E-state index is 5.60. The summed E-state index contributed by atoms with van der Waals surface area (Å²) in [5.74, 6) is 0.827. The molecule has 3 N–H and O–H groups in total. The lowest BCUT2D eigenvalue weighted by molar-refractivity contribution is 0.114. The molecule has 1 unspecified atom stereocenters. The van der Waals surface area contributed by atoms with E-state index in [0.29, 0.717) is 6.10 Å². The lowest BCUT2D eigenvalue weighted by Crippen LogP contribution is -2.41. The molecule has 2 aromatic rings. The van der Waals surface area contributed by atoms with E-state index in [-0.39, 0.29) is 24.0 Å². The van der Waals surface area contributed by atoms with Crippen LogP contribution in [0.3, 0.4) is 0 Å². The van der Waals surface area contributed by atoms with Crippen LogP contribution in [0.2, 0.25) is 0 Å². The van der Waals surface area contributed by atoms with Gasteiger partial charge in [0.25, 0.3) is 0 Å². The number of fused-ring (bicyclic) bond motifs is 1. The molecular weight excluding hydrogens is 405 g/mol. The van der Waals surface area contributed by atoms with E-state index in [4.69, 9.17) is 4.74 Å². The molecule has 2 aromatic heterocycles. The molecule has 1 fully saturated rings. The fourth-order valence-electron chi connectivity index (χ4n) is 2.77. The van der Waals surface area contributed by atoms with Gasteiger partial charge in [0, 0.05) is 44.5 Å². The monoisotopic (exact) mass is 429 g/mol. The van der Waals surface area contributed by atoms with Crippen LogP contribution in [0.5, 0.6) is 0 Å². The number of rotatable bonds is 5. The molecule has 1 saturated heterocycles. The van der Waals surface area contributed by atoms with Crippen molar-refractivity contribution in [2.75, 3.05) is 26.7 Å². The van der Waals surface area contributed by atoms with Gasteiger partial charge in [-0.05, 0) is 37.0 Å². The Morgan fingerprint density at radius 2 is 2.39 bits per heavy atom. The molecular formula is C16H24IN5O. The molecule has 1 aliphatic rings. The van der Waals surface area contributed by atoms with Gasteiger partial charge in [0.05, 0.1) is 6.10 Å². The van der Waals surface area contributed by atoms with Gasteiger partial charge in [-0.15, -0.1) is 24.0 Å². The summed E-state index contributed by atoms with van der Waals surface area (Å²) in [5.41, 5.74) is 2.21. The highest BCUT2D eigenvalue weighted by atomic mass is 127. The van der Waals surface area contributed by atoms with E-state index in [1.54, 1.807) is 13.2 Å². The number of ether oxygens (including phenoxy) is 1. The van der Waals surface area contributed by atoms with E-state index >= 15 is 0 Å². The van der Waals surface area contributed by atoms with Gasteiger partial charge in [-0.3, -0.25) is 4.99 Å². The lowest BCUT2D eigenvalue weighted by Gasteiger charge is -2.14. The zero-order valence-electron chi connectivity index (χ0n) is 13.3. The molecule has 3 heterocycles. The summed E-state index contributed by atoms with van der Waals surface area (Å²) < 4.78 is 5.60. The second kappa shape index (κ2) is 9.07. The van der Waals surface area contributed by atoms with Crippen molar-refractivity contribution in [3.8, 4) is 0 Å². The minimum absolute atomic E-state index is 0. The normalized spacial score (nSPS) is 18.0. The molecule has 7 heteroatoms. The minimum Gasteiger partial charge on any atom is -0.376 e. The number of aliphatic imine (C=N–C) groups is 1. The van der Waals surface area contributed by atoms with Crippen LogP contribution >= 0.6 is 24.0 Å². The summed E-state index contributed by atoms with van der Waals surface area (Å²) in [6.45, 7) is 2.52. The Morgan fingerprint density at radius 1 is 1.48 bits per heavy atom. The first-order valence-corrected chi connectivity index (χ1v) is 7.84. The number of halogens is 1. The number of hydrogen-bond acceptors (Lipinski definition) is 3.